The van der Waals surface area contributed by atoms with Gasteiger partial charge in [0, 0.05) is 17.7 Å². The van der Waals surface area contributed by atoms with Crippen LogP contribution in [0.15, 0.2) is 42.5 Å². The smallest absolute Gasteiger partial charge is 0.217 e. The number of hydrogen-bond donors (Lipinski definition) is 1. The topological polar surface area (TPSA) is 55.3 Å². The van der Waals surface area contributed by atoms with E-state index in [0.717, 1.165) is 28.5 Å². The van der Waals surface area contributed by atoms with Crippen LogP contribution in [-0.4, -0.2) is 40.9 Å². The van der Waals surface area contributed by atoms with E-state index in [4.69, 9.17) is 21.7 Å². The maximum Gasteiger partial charge on any atom is 0.217 e. The monoisotopic (exact) mass is 384 g/mol. The largest absolute Gasteiger partial charge is 0.493 e. The molecule has 1 heterocycles. The Bertz CT molecular complexity index is 963. The van der Waals surface area contributed by atoms with E-state index in [2.05, 4.69) is 34.0 Å². The highest BCUT2D eigenvalue weighted by molar-refractivity contribution is 7.71. The quantitative estimate of drug-likeness (QED) is 0.624. The summed E-state index contributed by atoms with van der Waals surface area (Å²) >= 11 is 5.42. The van der Waals surface area contributed by atoms with Gasteiger partial charge in [0.2, 0.25) is 4.77 Å². The number of rotatable bonds is 7. The molecule has 3 rings (SSSR count). The second kappa shape index (κ2) is 8.37. The van der Waals surface area contributed by atoms with Crippen molar-refractivity contribution in [3.8, 4) is 22.9 Å². The molecule has 0 spiro atoms. The minimum atomic E-state index is 0.523. The predicted molar refractivity (Wildman–Crippen MR) is 109 cm³/mol. The van der Waals surface area contributed by atoms with Crippen molar-refractivity contribution >= 4 is 12.2 Å². The van der Waals surface area contributed by atoms with Crippen molar-refractivity contribution in [1.29, 1.82) is 0 Å². The van der Waals surface area contributed by atoms with Crippen LogP contribution in [0.25, 0.3) is 11.4 Å². The van der Waals surface area contributed by atoms with Crippen molar-refractivity contribution in [3.05, 3.63) is 58.4 Å². The molecule has 0 bridgehead atoms. The molecule has 0 aliphatic heterocycles. The number of aromatic nitrogens is 3. The summed E-state index contributed by atoms with van der Waals surface area (Å²) in [5.74, 6) is 2.25. The molecule has 6 nitrogen and oxygen atoms in total. The lowest BCUT2D eigenvalue weighted by atomic mass is 10.1. The molecule has 0 aliphatic carbocycles. The van der Waals surface area contributed by atoms with Gasteiger partial charge < -0.3 is 9.47 Å². The Balaban J connectivity index is 1.76. The fourth-order valence-corrected chi connectivity index (χ4v) is 3.15. The van der Waals surface area contributed by atoms with E-state index in [0.29, 0.717) is 18.0 Å². The van der Waals surface area contributed by atoms with Gasteiger partial charge in [0.05, 0.1) is 20.9 Å². The van der Waals surface area contributed by atoms with Gasteiger partial charge in [0.25, 0.3) is 0 Å². The third-order valence-electron chi connectivity index (χ3n) is 4.31. The lowest BCUT2D eigenvalue weighted by Crippen LogP contribution is -2.22. The molecule has 0 aliphatic rings. The van der Waals surface area contributed by atoms with Crippen molar-refractivity contribution in [2.24, 2.45) is 0 Å². The number of ether oxygens (including phenoxy) is 2. The normalized spacial score (nSPS) is 11.0. The molecule has 0 radical (unpaired) electrons. The van der Waals surface area contributed by atoms with E-state index in [1.807, 2.05) is 42.1 Å². The maximum absolute atomic E-state index is 5.51. The van der Waals surface area contributed by atoms with E-state index < -0.39 is 0 Å². The zero-order valence-corrected chi connectivity index (χ0v) is 16.8. The second-order valence-electron chi connectivity index (χ2n) is 6.46. The van der Waals surface area contributed by atoms with Crippen LogP contribution in [-0.2, 0) is 13.2 Å². The molecule has 0 unspecified atom stereocenters. The molecule has 0 amide bonds. The first kappa shape index (κ1) is 19.1. The average molecular weight is 385 g/mol. The number of methoxy groups -OCH3 is 2. The Labute approximate surface area is 164 Å². The van der Waals surface area contributed by atoms with E-state index in [1.54, 1.807) is 14.2 Å². The molecule has 0 atom stereocenters. The van der Waals surface area contributed by atoms with E-state index in [-0.39, 0.29) is 0 Å². The SMILES string of the molecule is COc1cccc(CN(C)Cn2[nH]c(-c3ccc(C)cc3)nc2=S)c1OC. The van der Waals surface area contributed by atoms with E-state index in [9.17, 15) is 0 Å². The standard InChI is InChI=1S/C20H24N4O2S/c1-14-8-10-15(11-9-14)19-21-20(27)24(22-19)13-23(2)12-16-6-5-7-17(25-3)18(16)26-4/h5-11H,12-13H2,1-4H3,(H,21,22,27). The zero-order chi connectivity index (χ0) is 19.4. The van der Waals surface area contributed by atoms with Gasteiger partial charge in [-0.05, 0) is 32.3 Å². The van der Waals surface area contributed by atoms with Crippen molar-refractivity contribution in [3.63, 3.8) is 0 Å². The third kappa shape index (κ3) is 4.37. The van der Waals surface area contributed by atoms with E-state index in [1.165, 1.54) is 5.56 Å². The van der Waals surface area contributed by atoms with Gasteiger partial charge in [-0.15, -0.1) is 0 Å². The van der Waals surface area contributed by atoms with Crippen LogP contribution in [0.4, 0.5) is 0 Å². The van der Waals surface area contributed by atoms with Gasteiger partial charge in [-0.1, -0.05) is 42.0 Å². The lowest BCUT2D eigenvalue weighted by molar-refractivity contribution is 0.240. The van der Waals surface area contributed by atoms with Gasteiger partial charge in [-0.2, -0.15) is 4.98 Å². The molecule has 142 valence electrons. The van der Waals surface area contributed by atoms with Gasteiger partial charge in [-0.25, -0.2) is 4.68 Å². The second-order valence-corrected chi connectivity index (χ2v) is 6.82. The summed E-state index contributed by atoms with van der Waals surface area (Å²) in [7, 11) is 5.31. The minimum absolute atomic E-state index is 0.523. The fourth-order valence-electron chi connectivity index (χ4n) is 2.95. The summed E-state index contributed by atoms with van der Waals surface area (Å²) in [6.07, 6.45) is 0. The van der Waals surface area contributed by atoms with E-state index >= 15 is 0 Å². The van der Waals surface area contributed by atoms with Crippen LogP contribution in [0.1, 0.15) is 11.1 Å². The fraction of sp³-hybridized carbons (Fsp3) is 0.300. The first-order valence-corrected chi connectivity index (χ1v) is 9.05. The average Bonchev–Trinajstić information content (AvgIpc) is 3.02. The Morgan fingerprint density at radius 2 is 1.85 bits per heavy atom. The van der Waals surface area contributed by atoms with Crippen LogP contribution in [0.3, 0.4) is 0 Å². The highest BCUT2D eigenvalue weighted by Crippen LogP contribution is 2.31. The van der Waals surface area contributed by atoms with Crippen molar-refractivity contribution in [1.82, 2.24) is 19.7 Å². The van der Waals surface area contributed by atoms with Crippen LogP contribution < -0.4 is 9.47 Å². The number of nitrogens with one attached hydrogen (secondary N) is 1. The van der Waals surface area contributed by atoms with Crippen molar-refractivity contribution in [2.75, 3.05) is 21.3 Å². The summed E-state index contributed by atoms with van der Waals surface area (Å²) in [4.78, 5) is 6.61. The van der Waals surface area contributed by atoms with Gasteiger partial charge in [-0.3, -0.25) is 10.00 Å². The van der Waals surface area contributed by atoms with Gasteiger partial charge >= 0.3 is 0 Å². The third-order valence-corrected chi connectivity index (χ3v) is 4.62. The summed E-state index contributed by atoms with van der Waals surface area (Å²) < 4.78 is 13.3. The molecule has 7 heteroatoms. The molecular formula is C20H24N4O2S. The van der Waals surface area contributed by atoms with Crippen molar-refractivity contribution < 1.29 is 9.47 Å². The first-order chi connectivity index (χ1) is 13.0. The number of aromatic amines is 1. The molecule has 1 aromatic heterocycles. The van der Waals surface area contributed by atoms with Crippen LogP contribution in [0.5, 0.6) is 11.5 Å². The van der Waals surface area contributed by atoms with Gasteiger partial charge in [0.1, 0.15) is 0 Å². The Kier molecular flexibility index (Phi) is 5.93. The predicted octanol–water partition coefficient (Wildman–Crippen LogP) is 4.02. The highest BCUT2D eigenvalue weighted by atomic mass is 32.1. The summed E-state index contributed by atoms with van der Waals surface area (Å²) in [6, 6.07) is 14.1. The zero-order valence-electron chi connectivity index (χ0n) is 16.0. The lowest BCUT2D eigenvalue weighted by Gasteiger charge is -2.19. The number of nitrogens with zero attached hydrogens (tertiary/aromatic N) is 3. The molecule has 0 saturated heterocycles. The molecule has 1 N–H and O–H groups in total. The van der Waals surface area contributed by atoms with Crippen LogP contribution in [0, 0.1) is 11.7 Å². The Morgan fingerprint density at radius 1 is 1.11 bits per heavy atom. The van der Waals surface area contributed by atoms with Crippen LogP contribution in [0.2, 0.25) is 0 Å². The summed E-state index contributed by atoms with van der Waals surface area (Å²) in [5, 5.41) is 3.29. The minimum Gasteiger partial charge on any atom is -0.493 e. The molecule has 2 aromatic carbocycles. The molecule has 3 aromatic rings. The number of benzene rings is 2. The maximum atomic E-state index is 5.51. The molecule has 27 heavy (non-hydrogen) atoms. The Hall–Kier alpha value is -2.64. The summed E-state index contributed by atoms with van der Waals surface area (Å²) in [5.41, 5.74) is 3.27. The first-order valence-electron chi connectivity index (χ1n) is 8.64. The number of para-hydroxylation sites is 1. The van der Waals surface area contributed by atoms with Crippen LogP contribution >= 0.6 is 12.2 Å². The molecule has 0 saturated carbocycles. The highest BCUT2D eigenvalue weighted by Gasteiger charge is 2.13. The Morgan fingerprint density at radius 3 is 2.52 bits per heavy atom. The number of hydrogen-bond acceptors (Lipinski definition) is 5. The summed E-state index contributed by atoms with van der Waals surface area (Å²) in [6.45, 7) is 3.32. The molecule has 0 fully saturated rings. The van der Waals surface area contributed by atoms with Gasteiger partial charge in [0.15, 0.2) is 17.3 Å². The molecular weight excluding hydrogens is 360 g/mol. The number of H-pyrrole nitrogens is 1. The van der Waals surface area contributed by atoms with Crippen molar-refractivity contribution in [2.45, 2.75) is 20.1 Å². The number of aryl methyl sites for hydroxylation is 1.